The van der Waals surface area contributed by atoms with Crippen LogP contribution < -0.4 is 4.74 Å². The maximum Gasteiger partial charge on any atom is 0.221 e. The highest BCUT2D eigenvalue weighted by molar-refractivity contribution is 6.31. The topological polar surface area (TPSA) is 35.0 Å². The summed E-state index contributed by atoms with van der Waals surface area (Å²) in [6, 6.07) is 7.56. The van der Waals surface area contributed by atoms with Gasteiger partial charge in [0.25, 0.3) is 0 Å². The Kier molecular flexibility index (Phi) is 4.74. The van der Waals surface area contributed by atoms with E-state index in [0.717, 1.165) is 11.1 Å². The van der Waals surface area contributed by atoms with E-state index in [1.807, 2.05) is 52.0 Å². The lowest BCUT2D eigenvalue weighted by Crippen LogP contribution is -2.17. The number of hydrogen-bond donors (Lipinski definition) is 0. The van der Waals surface area contributed by atoms with Crippen LogP contribution in [0.1, 0.15) is 37.7 Å². The number of benzene rings is 1. The standard InChI is InChI=1S/C16H18Cl2N2O/c1-10-13(18)19-15(16(2,3)4)20-14(10)21-9-11-7-5-6-8-12(11)17/h5-8H,9H2,1-4H3. The normalized spacial score (nSPS) is 11.5. The summed E-state index contributed by atoms with van der Waals surface area (Å²) in [4.78, 5) is 8.81. The number of hydrogen-bond acceptors (Lipinski definition) is 3. The van der Waals surface area contributed by atoms with Crippen LogP contribution in [0.5, 0.6) is 5.88 Å². The first-order valence-electron chi connectivity index (χ1n) is 6.70. The molecule has 0 aliphatic carbocycles. The summed E-state index contributed by atoms with van der Waals surface area (Å²) in [5.41, 5.74) is 1.45. The van der Waals surface area contributed by atoms with Crippen molar-refractivity contribution in [1.82, 2.24) is 9.97 Å². The molecule has 0 atom stereocenters. The van der Waals surface area contributed by atoms with Gasteiger partial charge in [-0.25, -0.2) is 4.98 Å². The molecule has 5 heteroatoms. The number of nitrogens with zero attached hydrogens (tertiary/aromatic N) is 2. The molecule has 2 rings (SSSR count). The molecular weight excluding hydrogens is 307 g/mol. The largest absolute Gasteiger partial charge is 0.472 e. The molecule has 112 valence electrons. The fourth-order valence-corrected chi connectivity index (χ4v) is 2.06. The SMILES string of the molecule is Cc1c(Cl)nc(C(C)(C)C)nc1OCc1ccccc1Cl. The van der Waals surface area contributed by atoms with Gasteiger partial charge in [0.1, 0.15) is 17.6 Å². The molecule has 0 radical (unpaired) electrons. The smallest absolute Gasteiger partial charge is 0.221 e. The molecule has 2 aromatic rings. The quantitative estimate of drug-likeness (QED) is 0.748. The average molecular weight is 325 g/mol. The Labute approximate surface area is 135 Å². The lowest BCUT2D eigenvalue weighted by Gasteiger charge is -2.19. The van der Waals surface area contributed by atoms with Crippen LogP contribution in [0.3, 0.4) is 0 Å². The molecule has 0 N–H and O–H groups in total. The molecular formula is C16H18Cl2N2O. The van der Waals surface area contributed by atoms with Crippen molar-refractivity contribution < 1.29 is 4.74 Å². The molecule has 1 aromatic carbocycles. The van der Waals surface area contributed by atoms with Crippen LogP contribution in [0.25, 0.3) is 0 Å². The average Bonchev–Trinajstić information content (AvgIpc) is 2.40. The third-order valence-electron chi connectivity index (χ3n) is 3.03. The first-order valence-corrected chi connectivity index (χ1v) is 7.45. The van der Waals surface area contributed by atoms with Crippen LogP contribution in [0.15, 0.2) is 24.3 Å². The van der Waals surface area contributed by atoms with Gasteiger partial charge < -0.3 is 4.74 Å². The van der Waals surface area contributed by atoms with Crippen LogP contribution in [-0.4, -0.2) is 9.97 Å². The zero-order valence-corrected chi connectivity index (χ0v) is 14.1. The molecule has 1 heterocycles. The van der Waals surface area contributed by atoms with Crippen molar-refractivity contribution in [3.63, 3.8) is 0 Å². The van der Waals surface area contributed by atoms with Crippen molar-refractivity contribution in [1.29, 1.82) is 0 Å². The van der Waals surface area contributed by atoms with Crippen molar-refractivity contribution in [2.45, 2.75) is 39.7 Å². The van der Waals surface area contributed by atoms with E-state index in [9.17, 15) is 0 Å². The summed E-state index contributed by atoms with van der Waals surface area (Å²) in [5, 5.41) is 1.09. The summed E-state index contributed by atoms with van der Waals surface area (Å²) in [7, 11) is 0. The molecule has 0 saturated carbocycles. The Balaban J connectivity index is 2.28. The Morgan fingerprint density at radius 2 is 1.76 bits per heavy atom. The van der Waals surface area contributed by atoms with Gasteiger partial charge in [-0.15, -0.1) is 0 Å². The second kappa shape index (κ2) is 6.20. The number of halogens is 2. The highest BCUT2D eigenvalue weighted by Crippen LogP contribution is 2.28. The third-order valence-corrected chi connectivity index (χ3v) is 3.77. The summed E-state index contributed by atoms with van der Waals surface area (Å²) < 4.78 is 5.80. The van der Waals surface area contributed by atoms with Crippen molar-refractivity contribution in [3.8, 4) is 5.88 Å². The van der Waals surface area contributed by atoms with E-state index >= 15 is 0 Å². The van der Waals surface area contributed by atoms with Gasteiger partial charge in [0.05, 0.1) is 0 Å². The minimum Gasteiger partial charge on any atom is -0.472 e. The first-order chi connectivity index (χ1) is 9.79. The fourth-order valence-electron chi connectivity index (χ4n) is 1.71. The van der Waals surface area contributed by atoms with Crippen LogP contribution >= 0.6 is 23.2 Å². The zero-order valence-electron chi connectivity index (χ0n) is 12.6. The number of aromatic nitrogens is 2. The minimum absolute atomic E-state index is 0.195. The maximum atomic E-state index is 6.18. The molecule has 0 fully saturated rings. The van der Waals surface area contributed by atoms with Crippen LogP contribution in [0.2, 0.25) is 10.2 Å². The molecule has 0 saturated heterocycles. The van der Waals surface area contributed by atoms with Crippen molar-refractivity contribution in [2.24, 2.45) is 0 Å². The Morgan fingerprint density at radius 1 is 1.10 bits per heavy atom. The van der Waals surface area contributed by atoms with E-state index in [0.29, 0.717) is 28.5 Å². The molecule has 0 amide bonds. The zero-order chi connectivity index (χ0) is 15.6. The van der Waals surface area contributed by atoms with Gasteiger partial charge in [0, 0.05) is 21.6 Å². The molecule has 0 spiro atoms. The third kappa shape index (κ3) is 3.86. The summed E-state index contributed by atoms with van der Waals surface area (Å²) in [5.74, 6) is 1.16. The maximum absolute atomic E-state index is 6.18. The van der Waals surface area contributed by atoms with E-state index in [-0.39, 0.29) is 5.41 Å². The second-order valence-electron chi connectivity index (χ2n) is 5.90. The highest BCUT2D eigenvalue weighted by atomic mass is 35.5. The van der Waals surface area contributed by atoms with Crippen molar-refractivity contribution in [2.75, 3.05) is 0 Å². The summed E-state index contributed by atoms with van der Waals surface area (Å²) >= 11 is 12.3. The molecule has 21 heavy (non-hydrogen) atoms. The molecule has 0 unspecified atom stereocenters. The molecule has 0 aliphatic rings. The van der Waals surface area contributed by atoms with Gasteiger partial charge in [-0.2, -0.15) is 4.98 Å². The van der Waals surface area contributed by atoms with Gasteiger partial charge in [0.2, 0.25) is 5.88 Å². The second-order valence-corrected chi connectivity index (χ2v) is 6.66. The number of rotatable bonds is 3. The van der Waals surface area contributed by atoms with E-state index < -0.39 is 0 Å². The Hall–Kier alpha value is -1.32. The van der Waals surface area contributed by atoms with E-state index in [1.165, 1.54) is 0 Å². The molecule has 0 bridgehead atoms. The summed E-state index contributed by atoms with van der Waals surface area (Å²) in [6.07, 6.45) is 0. The van der Waals surface area contributed by atoms with Gasteiger partial charge >= 0.3 is 0 Å². The highest BCUT2D eigenvalue weighted by Gasteiger charge is 2.21. The number of ether oxygens (including phenoxy) is 1. The van der Waals surface area contributed by atoms with Gasteiger partial charge in [-0.05, 0) is 13.0 Å². The minimum atomic E-state index is -0.195. The molecule has 0 aliphatic heterocycles. The Morgan fingerprint density at radius 3 is 2.38 bits per heavy atom. The predicted molar refractivity (Wildman–Crippen MR) is 86.3 cm³/mol. The van der Waals surface area contributed by atoms with Gasteiger partial charge in [-0.3, -0.25) is 0 Å². The molecule has 3 nitrogen and oxygen atoms in total. The van der Waals surface area contributed by atoms with E-state index in [2.05, 4.69) is 9.97 Å². The predicted octanol–water partition coefficient (Wildman–Crippen LogP) is 4.97. The van der Waals surface area contributed by atoms with Crippen molar-refractivity contribution >= 4 is 23.2 Å². The fraction of sp³-hybridized carbons (Fsp3) is 0.375. The monoisotopic (exact) mass is 324 g/mol. The van der Waals surface area contributed by atoms with Gasteiger partial charge in [-0.1, -0.05) is 62.2 Å². The van der Waals surface area contributed by atoms with Crippen molar-refractivity contribution in [3.05, 3.63) is 51.4 Å². The Bertz CT molecular complexity index is 651. The lowest BCUT2D eigenvalue weighted by atomic mass is 9.96. The first kappa shape index (κ1) is 16.1. The van der Waals surface area contributed by atoms with E-state index in [1.54, 1.807) is 0 Å². The summed E-state index contributed by atoms with van der Waals surface area (Å²) in [6.45, 7) is 8.29. The van der Waals surface area contributed by atoms with Crippen LogP contribution in [-0.2, 0) is 12.0 Å². The van der Waals surface area contributed by atoms with Crippen LogP contribution in [0.4, 0.5) is 0 Å². The van der Waals surface area contributed by atoms with Crippen LogP contribution in [0, 0.1) is 6.92 Å². The van der Waals surface area contributed by atoms with Gasteiger partial charge in [0.15, 0.2) is 0 Å². The van der Waals surface area contributed by atoms with E-state index in [4.69, 9.17) is 27.9 Å². The lowest BCUT2D eigenvalue weighted by molar-refractivity contribution is 0.288. The molecule has 1 aromatic heterocycles.